The second kappa shape index (κ2) is 9.08. The van der Waals surface area contributed by atoms with E-state index < -0.39 is 23.7 Å². The molecule has 34 heavy (non-hydrogen) atoms. The molecule has 4 rings (SSSR count). The number of hydrogen-bond acceptors (Lipinski definition) is 4. The standard InChI is InChI=1S/C26H30FN3O4/c1-26(2,3)20-8-5-17(13-21(20)27)29-24(32)23-19-7-6-18(34-4)11-15(19)9-10-30(23)25(33)16-12-22(31)28-14-16/h5-8,11,13,16,23H,9-10,12,14H2,1-4H3,(H,28,31)(H,29,32)/t16-,23?/m0/s1. The molecule has 2 heterocycles. The van der Waals surface area contributed by atoms with Crippen LogP contribution in [-0.2, 0) is 26.2 Å². The Labute approximate surface area is 198 Å². The van der Waals surface area contributed by atoms with Crippen molar-refractivity contribution in [2.75, 3.05) is 25.5 Å². The van der Waals surface area contributed by atoms with E-state index in [4.69, 9.17) is 4.74 Å². The molecule has 2 aliphatic heterocycles. The number of halogens is 1. The van der Waals surface area contributed by atoms with Crippen molar-refractivity contribution in [2.45, 2.75) is 45.1 Å². The number of rotatable bonds is 4. The summed E-state index contributed by atoms with van der Waals surface area (Å²) >= 11 is 0. The Morgan fingerprint density at radius 1 is 1.18 bits per heavy atom. The number of amides is 3. The highest BCUT2D eigenvalue weighted by molar-refractivity contribution is 5.99. The maximum Gasteiger partial charge on any atom is 0.251 e. The molecule has 0 radical (unpaired) electrons. The fourth-order valence-electron chi connectivity index (χ4n) is 4.68. The SMILES string of the molecule is COc1ccc2c(c1)CCN(C(=O)[C@@H]1CNC(=O)C1)C2C(=O)Nc1ccc(C(C)(C)C)c(F)c1. The van der Waals surface area contributed by atoms with Crippen molar-refractivity contribution in [1.82, 2.24) is 10.2 Å². The van der Waals surface area contributed by atoms with Crippen molar-refractivity contribution in [3.05, 3.63) is 58.9 Å². The van der Waals surface area contributed by atoms with Crippen molar-refractivity contribution in [3.63, 3.8) is 0 Å². The molecule has 2 aromatic carbocycles. The highest BCUT2D eigenvalue weighted by Gasteiger charge is 2.40. The molecular formula is C26H30FN3O4. The number of carbonyl (C=O) groups is 3. The molecule has 1 fully saturated rings. The van der Waals surface area contributed by atoms with Gasteiger partial charge in [0.2, 0.25) is 11.8 Å². The van der Waals surface area contributed by atoms with Gasteiger partial charge in [-0.25, -0.2) is 4.39 Å². The predicted molar refractivity (Wildman–Crippen MR) is 126 cm³/mol. The first-order valence-corrected chi connectivity index (χ1v) is 11.4. The van der Waals surface area contributed by atoms with Crippen LogP contribution in [0, 0.1) is 11.7 Å². The van der Waals surface area contributed by atoms with Crippen LogP contribution in [-0.4, -0.2) is 42.8 Å². The average molecular weight is 468 g/mol. The Morgan fingerprint density at radius 2 is 1.94 bits per heavy atom. The average Bonchev–Trinajstić information content (AvgIpc) is 3.22. The van der Waals surface area contributed by atoms with Crippen LogP contribution in [0.1, 0.15) is 49.9 Å². The summed E-state index contributed by atoms with van der Waals surface area (Å²) in [4.78, 5) is 40.1. The molecule has 7 nitrogen and oxygen atoms in total. The molecule has 8 heteroatoms. The van der Waals surface area contributed by atoms with Crippen molar-refractivity contribution in [3.8, 4) is 5.75 Å². The summed E-state index contributed by atoms with van der Waals surface area (Å²) in [6.45, 7) is 6.35. The van der Waals surface area contributed by atoms with E-state index >= 15 is 0 Å². The van der Waals surface area contributed by atoms with Gasteiger partial charge in [0.15, 0.2) is 0 Å². The van der Waals surface area contributed by atoms with E-state index in [-0.39, 0.29) is 30.2 Å². The molecule has 180 valence electrons. The zero-order chi connectivity index (χ0) is 24.6. The van der Waals surface area contributed by atoms with Gasteiger partial charge in [-0.05, 0) is 52.8 Å². The van der Waals surface area contributed by atoms with Gasteiger partial charge in [0.25, 0.3) is 5.91 Å². The number of nitrogens with one attached hydrogen (secondary N) is 2. The smallest absolute Gasteiger partial charge is 0.251 e. The van der Waals surface area contributed by atoms with Crippen molar-refractivity contribution in [2.24, 2.45) is 5.92 Å². The second-order valence-corrected chi connectivity index (χ2v) is 9.89. The summed E-state index contributed by atoms with van der Waals surface area (Å²) in [7, 11) is 1.57. The summed E-state index contributed by atoms with van der Waals surface area (Å²) in [6.07, 6.45) is 0.670. The molecule has 0 spiro atoms. The summed E-state index contributed by atoms with van der Waals surface area (Å²) < 4.78 is 20.1. The van der Waals surface area contributed by atoms with Gasteiger partial charge in [-0.1, -0.05) is 32.9 Å². The molecule has 0 bridgehead atoms. The topological polar surface area (TPSA) is 87.7 Å². The Bertz CT molecular complexity index is 1140. The Balaban J connectivity index is 1.66. The first-order chi connectivity index (χ1) is 16.1. The normalized spacial score (nSPS) is 19.9. The van der Waals surface area contributed by atoms with Crippen LogP contribution < -0.4 is 15.4 Å². The van der Waals surface area contributed by atoms with Gasteiger partial charge in [0.05, 0.1) is 13.0 Å². The Hall–Kier alpha value is -3.42. The number of methoxy groups -OCH3 is 1. The van der Waals surface area contributed by atoms with Crippen LogP contribution in [0.15, 0.2) is 36.4 Å². The van der Waals surface area contributed by atoms with E-state index in [0.29, 0.717) is 35.5 Å². The van der Waals surface area contributed by atoms with Crippen LogP contribution in [0.2, 0.25) is 0 Å². The Morgan fingerprint density at radius 3 is 2.56 bits per heavy atom. The molecule has 2 N–H and O–H groups in total. The molecule has 0 saturated carbocycles. The first-order valence-electron chi connectivity index (χ1n) is 11.4. The number of benzene rings is 2. The lowest BCUT2D eigenvalue weighted by Crippen LogP contribution is -2.48. The quantitative estimate of drug-likeness (QED) is 0.722. The third kappa shape index (κ3) is 4.62. The lowest BCUT2D eigenvalue weighted by atomic mass is 9.86. The maximum absolute atomic E-state index is 14.7. The van der Waals surface area contributed by atoms with Gasteiger partial charge < -0.3 is 20.3 Å². The van der Waals surface area contributed by atoms with Crippen LogP contribution in [0.4, 0.5) is 10.1 Å². The minimum Gasteiger partial charge on any atom is -0.497 e. The first kappa shape index (κ1) is 23.7. The minimum atomic E-state index is -0.900. The van der Waals surface area contributed by atoms with Crippen molar-refractivity contribution >= 4 is 23.4 Å². The molecular weight excluding hydrogens is 437 g/mol. The molecule has 2 aromatic rings. The summed E-state index contributed by atoms with van der Waals surface area (Å²) in [5.41, 5.74) is 2.11. The van der Waals surface area contributed by atoms with Crippen LogP contribution in [0.25, 0.3) is 0 Å². The van der Waals surface area contributed by atoms with Crippen molar-refractivity contribution in [1.29, 1.82) is 0 Å². The lowest BCUT2D eigenvalue weighted by molar-refractivity contribution is -0.142. The fraction of sp³-hybridized carbons (Fsp3) is 0.423. The number of nitrogens with zero attached hydrogens (tertiary/aromatic N) is 1. The molecule has 2 atom stereocenters. The van der Waals surface area contributed by atoms with Gasteiger partial charge in [0.1, 0.15) is 17.6 Å². The van der Waals surface area contributed by atoms with E-state index in [9.17, 15) is 18.8 Å². The highest BCUT2D eigenvalue weighted by atomic mass is 19.1. The second-order valence-electron chi connectivity index (χ2n) is 9.89. The number of fused-ring (bicyclic) bond motifs is 1. The van der Waals surface area contributed by atoms with Gasteiger partial charge >= 0.3 is 0 Å². The van der Waals surface area contributed by atoms with Gasteiger partial charge in [-0.15, -0.1) is 0 Å². The third-order valence-corrected chi connectivity index (χ3v) is 6.48. The van der Waals surface area contributed by atoms with E-state index in [0.717, 1.165) is 5.56 Å². The number of ether oxygens (including phenoxy) is 1. The predicted octanol–water partition coefficient (Wildman–Crippen LogP) is 3.33. The van der Waals surface area contributed by atoms with E-state index in [1.807, 2.05) is 26.8 Å². The van der Waals surface area contributed by atoms with Gasteiger partial charge in [-0.3, -0.25) is 14.4 Å². The minimum absolute atomic E-state index is 0.110. The zero-order valence-electron chi connectivity index (χ0n) is 19.9. The van der Waals surface area contributed by atoms with Gasteiger partial charge in [0, 0.05) is 25.2 Å². The molecule has 1 saturated heterocycles. The fourth-order valence-corrected chi connectivity index (χ4v) is 4.68. The monoisotopic (exact) mass is 467 g/mol. The van der Waals surface area contributed by atoms with E-state index in [1.165, 1.54) is 11.0 Å². The summed E-state index contributed by atoms with van der Waals surface area (Å²) in [5.74, 6) is -1.08. The van der Waals surface area contributed by atoms with Crippen LogP contribution >= 0.6 is 0 Å². The van der Waals surface area contributed by atoms with Gasteiger partial charge in [-0.2, -0.15) is 0 Å². The van der Waals surface area contributed by atoms with Crippen LogP contribution in [0.5, 0.6) is 5.75 Å². The maximum atomic E-state index is 14.7. The molecule has 2 aliphatic rings. The van der Waals surface area contributed by atoms with E-state index in [2.05, 4.69) is 10.6 Å². The number of carbonyl (C=O) groups excluding carboxylic acids is 3. The highest BCUT2D eigenvalue weighted by Crippen LogP contribution is 2.35. The summed E-state index contributed by atoms with van der Waals surface area (Å²) in [6, 6.07) is 9.17. The molecule has 0 aromatic heterocycles. The molecule has 3 amide bonds. The Kier molecular flexibility index (Phi) is 6.34. The lowest BCUT2D eigenvalue weighted by Gasteiger charge is -2.37. The molecule has 0 aliphatic carbocycles. The molecule has 1 unspecified atom stereocenters. The third-order valence-electron chi connectivity index (χ3n) is 6.48. The van der Waals surface area contributed by atoms with Crippen molar-refractivity contribution < 1.29 is 23.5 Å². The zero-order valence-corrected chi connectivity index (χ0v) is 19.9. The largest absolute Gasteiger partial charge is 0.497 e. The number of anilines is 1. The summed E-state index contributed by atoms with van der Waals surface area (Å²) in [5, 5.41) is 5.48. The van der Waals surface area contributed by atoms with Crippen LogP contribution in [0.3, 0.4) is 0 Å². The number of hydrogen-bond donors (Lipinski definition) is 2. The van der Waals surface area contributed by atoms with E-state index in [1.54, 1.807) is 31.4 Å².